The molecule has 1 rings (SSSR count). The summed E-state index contributed by atoms with van der Waals surface area (Å²) in [4.78, 5) is 22.3. The van der Waals surface area contributed by atoms with Crippen LogP contribution in [0.5, 0.6) is 0 Å². The van der Waals surface area contributed by atoms with E-state index in [9.17, 15) is 9.59 Å². The van der Waals surface area contributed by atoms with E-state index in [1.54, 1.807) is 6.08 Å². The third kappa shape index (κ3) is 1.80. The molecule has 11 heavy (non-hydrogen) atoms. The van der Waals surface area contributed by atoms with Crippen LogP contribution in [0.4, 0.5) is 0 Å². The topological polar surface area (TPSA) is 57.6 Å². The Morgan fingerprint density at radius 3 is 2.55 bits per heavy atom. The van der Waals surface area contributed by atoms with E-state index in [1.165, 1.54) is 4.90 Å². The van der Waals surface area contributed by atoms with Crippen molar-refractivity contribution in [2.75, 3.05) is 13.1 Å². The summed E-state index contributed by atoms with van der Waals surface area (Å²) in [6.07, 6.45) is 4.48. The van der Waals surface area contributed by atoms with Gasteiger partial charge in [0, 0.05) is 13.1 Å². The summed E-state index contributed by atoms with van der Waals surface area (Å²) in [6, 6.07) is 0. The highest BCUT2D eigenvalue weighted by molar-refractivity contribution is 6.31. The molecule has 0 radical (unpaired) electrons. The molecule has 0 bridgehead atoms. The molecule has 4 heteroatoms. The van der Waals surface area contributed by atoms with Crippen molar-refractivity contribution in [2.45, 2.75) is 6.42 Å². The molecule has 0 fully saturated rings. The van der Waals surface area contributed by atoms with Gasteiger partial charge in [-0.2, -0.15) is 0 Å². The van der Waals surface area contributed by atoms with Gasteiger partial charge >= 0.3 is 11.9 Å². The number of carboxylic acid groups (broad SMARTS) is 1. The Kier molecular flexibility index (Phi) is 2.25. The fourth-order valence-electron chi connectivity index (χ4n) is 0.961. The van der Waals surface area contributed by atoms with Crippen LogP contribution < -0.4 is 0 Å². The molecule has 0 unspecified atom stereocenters. The number of rotatable bonds is 0. The summed E-state index contributed by atoms with van der Waals surface area (Å²) in [5.74, 6) is -2.19. The molecular weight excluding hydrogens is 146 g/mol. The van der Waals surface area contributed by atoms with Crippen molar-refractivity contribution >= 4 is 11.9 Å². The van der Waals surface area contributed by atoms with Gasteiger partial charge in [0.15, 0.2) is 0 Å². The van der Waals surface area contributed by atoms with Crippen LogP contribution >= 0.6 is 0 Å². The predicted octanol–water partition coefficient (Wildman–Crippen LogP) is -0.140. The highest BCUT2D eigenvalue weighted by atomic mass is 16.4. The minimum atomic E-state index is -1.37. The Labute approximate surface area is 64.1 Å². The third-order valence-corrected chi connectivity index (χ3v) is 1.53. The van der Waals surface area contributed by atoms with E-state index in [1.807, 2.05) is 6.08 Å². The van der Waals surface area contributed by atoms with Gasteiger partial charge in [0.1, 0.15) is 0 Å². The van der Waals surface area contributed by atoms with Crippen LogP contribution in [-0.2, 0) is 9.59 Å². The predicted molar refractivity (Wildman–Crippen MR) is 38.0 cm³/mol. The molecule has 0 aromatic carbocycles. The van der Waals surface area contributed by atoms with E-state index in [0.29, 0.717) is 13.1 Å². The van der Waals surface area contributed by atoms with Gasteiger partial charge in [-0.3, -0.25) is 4.79 Å². The molecule has 0 aromatic rings. The largest absolute Gasteiger partial charge is 0.474 e. The van der Waals surface area contributed by atoms with Crippen molar-refractivity contribution in [3.8, 4) is 0 Å². The molecular formula is C7H9NO3. The number of aliphatic carboxylic acids is 1. The third-order valence-electron chi connectivity index (χ3n) is 1.53. The number of carbonyl (C=O) groups excluding carboxylic acids is 1. The second-order valence-corrected chi connectivity index (χ2v) is 2.32. The first-order valence-corrected chi connectivity index (χ1v) is 3.39. The van der Waals surface area contributed by atoms with Crippen molar-refractivity contribution in [1.29, 1.82) is 0 Å². The second-order valence-electron chi connectivity index (χ2n) is 2.32. The van der Waals surface area contributed by atoms with Crippen molar-refractivity contribution in [1.82, 2.24) is 4.90 Å². The van der Waals surface area contributed by atoms with Crippen molar-refractivity contribution in [2.24, 2.45) is 0 Å². The number of amides is 1. The Morgan fingerprint density at radius 2 is 2.09 bits per heavy atom. The van der Waals surface area contributed by atoms with Crippen LogP contribution in [0.15, 0.2) is 12.2 Å². The molecule has 0 aromatic heterocycles. The first kappa shape index (κ1) is 7.78. The van der Waals surface area contributed by atoms with Crippen molar-refractivity contribution in [3.05, 3.63) is 12.2 Å². The maximum absolute atomic E-state index is 10.8. The van der Waals surface area contributed by atoms with Gasteiger partial charge in [0.2, 0.25) is 0 Å². The number of nitrogens with zero attached hydrogens (tertiary/aromatic N) is 1. The summed E-state index contributed by atoms with van der Waals surface area (Å²) in [7, 11) is 0. The van der Waals surface area contributed by atoms with Crippen LogP contribution in [0.1, 0.15) is 6.42 Å². The van der Waals surface area contributed by atoms with Crippen molar-refractivity contribution < 1.29 is 14.7 Å². The lowest BCUT2D eigenvalue weighted by Gasteiger charge is -2.20. The highest BCUT2D eigenvalue weighted by Crippen LogP contribution is 2.00. The van der Waals surface area contributed by atoms with E-state index >= 15 is 0 Å². The average Bonchev–Trinajstić information content (AvgIpc) is 2.05. The zero-order valence-corrected chi connectivity index (χ0v) is 5.99. The SMILES string of the molecule is O=C(O)C(=O)N1CC=CCC1. The fraction of sp³-hybridized carbons (Fsp3) is 0.429. The highest BCUT2D eigenvalue weighted by Gasteiger charge is 2.19. The minimum Gasteiger partial charge on any atom is -0.474 e. The normalized spacial score (nSPS) is 16.5. The lowest BCUT2D eigenvalue weighted by atomic mass is 10.2. The number of carbonyl (C=O) groups is 2. The molecule has 60 valence electrons. The Bertz CT molecular complexity index is 210. The molecule has 1 amide bonds. The van der Waals surface area contributed by atoms with Gasteiger partial charge in [0.05, 0.1) is 0 Å². The van der Waals surface area contributed by atoms with E-state index in [-0.39, 0.29) is 0 Å². The molecule has 0 saturated carbocycles. The molecule has 1 aliphatic rings. The number of hydrogen-bond donors (Lipinski definition) is 1. The van der Waals surface area contributed by atoms with Crippen LogP contribution in [0.2, 0.25) is 0 Å². The average molecular weight is 155 g/mol. The monoisotopic (exact) mass is 155 g/mol. The summed E-state index contributed by atoms with van der Waals surface area (Å²) in [5.41, 5.74) is 0. The van der Waals surface area contributed by atoms with Crippen LogP contribution in [0, 0.1) is 0 Å². The van der Waals surface area contributed by atoms with Gasteiger partial charge in [-0.05, 0) is 6.42 Å². The van der Waals surface area contributed by atoms with Gasteiger partial charge < -0.3 is 10.0 Å². The lowest BCUT2D eigenvalue weighted by molar-refractivity contribution is -0.155. The molecule has 1 aliphatic heterocycles. The zero-order valence-electron chi connectivity index (χ0n) is 5.99. The first-order valence-electron chi connectivity index (χ1n) is 3.39. The minimum absolute atomic E-state index is 0.422. The van der Waals surface area contributed by atoms with Gasteiger partial charge in [-0.1, -0.05) is 12.2 Å². The van der Waals surface area contributed by atoms with Crippen LogP contribution in [-0.4, -0.2) is 35.0 Å². The van der Waals surface area contributed by atoms with E-state index in [2.05, 4.69) is 0 Å². The quantitative estimate of drug-likeness (QED) is 0.391. The van der Waals surface area contributed by atoms with Crippen molar-refractivity contribution in [3.63, 3.8) is 0 Å². The lowest BCUT2D eigenvalue weighted by Crippen LogP contribution is -2.38. The maximum Gasteiger partial charge on any atom is 0.394 e. The molecule has 1 N–H and O–H groups in total. The summed E-state index contributed by atoms with van der Waals surface area (Å²) in [6.45, 7) is 0.937. The van der Waals surface area contributed by atoms with E-state index in [0.717, 1.165) is 6.42 Å². The Hall–Kier alpha value is -1.32. The first-order chi connectivity index (χ1) is 5.22. The Morgan fingerprint density at radius 1 is 1.36 bits per heavy atom. The molecule has 0 aliphatic carbocycles. The zero-order chi connectivity index (χ0) is 8.27. The molecule has 0 saturated heterocycles. The standard InChI is InChI=1S/C7H9NO3/c9-6(7(10)11)8-4-2-1-3-5-8/h1-2H,3-5H2,(H,10,11). The second kappa shape index (κ2) is 3.18. The van der Waals surface area contributed by atoms with E-state index in [4.69, 9.17) is 5.11 Å². The molecule has 0 spiro atoms. The maximum atomic E-state index is 10.8. The van der Waals surface area contributed by atoms with Crippen LogP contribution in [0.25, 0.3) is 0 Å². The van der Waals surface area contributed by atoms with E-state index < -0.39 is 11.9 Å². The van der Waals surface area contributed by atoms with Gasteiger partial charge in [0.25, 0.3) is 0 Å². The summed E-state index contributed by atoms with van der Waals surface area (Å²) < 4.78 is 0. The van der Waals surface area contributed by atoms with Gasteiger partial charge in [-0.25, -0.2) is 4.79 Å². The summed E-state index contributed by atoms with van der Waals surface area (Å²) >= 11 is 0. The van der Waals surface area contributed by atoms with Crippen LogP contribution in [0.3, 0.4) is 0 Å². The molecule has 4 nitrogen and oxygen atoms in total. The summed E-state index contributed by atoms with van der Waals surface area (Å²) in [5, 5.41) is 8.32. The number of hydrogen-bond acceptors (Lipinski definition) is 2. The molecule has 0 atom stereocenters. The molecule has 1 heterocycles. The number of carboxylic acids is 1. The van der Waals surface area contributed by atoms with Gasteiger partial charge in [-0.15, -0.1) is 0 Å². The smallest absolute Gasteiger partial charge is 0.394 e. The fourth-order valence-corrected chi connectivity index (χ4v) is 0.961. The Balaban J connectivity index is 2.54.